The maximum absolute atomic E-state index is 14.8. The number of unbranched alkanes of at least 4 members (excludes halogenated alkanes) is 2. The summed E-state index contributed by atoms with van der Waals surface area (Å²) >= 11 is 1.31. The molecule has 1 aromatic rings. The van der Waals surface area contributed by atoms with Crippen molar-refractivity contribution in [2.45, 2.75) is 202 Å². The number of carboxylic acid groups (broad SMARTS) is 1. The van der Waals surface area contributed by atoms with E-state index < -0.39 is 190 Å². The van der Waals surface area contributed by atoms with Crippen LogP contribution < -0.4 is 116 Å². The van der Waals surface area contributed by atoms with Crippen molar-refractivity contribution in [3.05, 3.63) is 35.9 Å². The highest BCUT2D eigenvalue weighted by atomic mass is 32.2. The van der Waals surface area contributed by atoms with Gasteiger partial charge in [-0.15, -0.1) is 0 Å². The molecule has 109 heavy (non-hydrogen) atoms. The molecular weight excluding hydrogens is 1470 g/mol. The third-order valence-electron chi connectivity index (χ3n) is 16.0. The van der Waals surface area contributed by atoms with Crippen molar-refractivity contribution in [2.75, 3.05) is 57.9 Å². The Morgan fingerprint density at radius 1 is 0.450 bits per heavy atom. The van der Waals surface area contributed by atoms with Gasteiger partial charge in [0.25, 0.3) is 0 Å². The van der Waals surface area contributed by atoms with Crippen molar-refractivity contribution in [2.24, 2.45) is 78.2 Å². The first-order valence-electron chi connectivity index (χ1n) is 35.4. The number of rotatable bonds is 57. The Labute approximate surface area is 636 Å². The molecule has 0 aliphatic heterocycles. The number of hydrogen-bond donors (Lipinski definition) is 26. The Kier molecular flexibility index (Phi) is 47.8. The van der Waals surface area contributed by atoms with E-state index in [1.54, 1.807) is 50.4 Å². The van der Waals surface area contributed by atoms with Crippen LogP contribution in [0.15, 0.2) is 45.3 Å². The second-order valence-corrected chi connectivity index (χ2v) is 28.1. The molecule has 1 aromatic carbocycles. The van der Waals surface area contributed by atoms with E-state index in [-0.39, 0.29) is 114 Å². The van der Waals surface area contributed by atoms with Crippen molar-refractivity contribution in [1.82, 2.24) is 58.5 Å². The molecule has 0 aliphatic carbocycles. The summed E-state index contributed by atoms with van der Waals surface area (Å²) < 4.78 is 4.81. The largest absolute Gasteiger partial charge is 0.567 e. The van der Waals surface area contributed by atoms with Crippen LogP contribution in [-0.2, 0) is 73.3 Å². The fraction of sp³-hybridized carbons (Fsp3) is 0.656. The van der Waals surface area contributed by atoms with E-state index in [9.17, 15) is 87.2 Å². The van der Waals surface area contributed by atoms with Crippen LogP contribution in [0.4, 0.5) is 0 Å². The van der Waals surface area contributed by atoms with Crippen molar-refractivity contribution < 1.29 is 91.7 Å². The van der Waals surface area contributed by atoms with E-state index >= 15 is 0 Å². The summed E-state index contributed by atoms with van der Waals surface area (Å²) in [6.45, 7) is 2.61. The average Bonchev–Trinajstić information content (AvgIpc) is 0.854. The van der Waals surface area contributed by atoms with Crippen molar-refractivity contribution in [3.8, 4) is 0 Å². The summed E-state index contributed by atoms with van der Waals surface area (Å²) in [4.78, 5) is 222. The quantitative estimate of drug-likeness (QED) is 0.0125. The van der Waals surface area contributed by atoms with Gasteiger partial charge in [-0.3, -0.25) is 77.3 Å². The predicted molar refractivity (Wildman–Crippen MR) is 406 cm³/mol. The number of thioether (sulfide) groups is 1. The first-order valence-corrected chi connectivity index (χ1v) is 38.3. The number of carboxylic acids is 1. The molecule has 0 aromatic heterocycles. The number of benzene rings is 1. The molecule has 0 saturated carbocycles. The molecule has 45 heteroatoms. The van der Waals surface area contributed by atoms with Gasteiger partial charge in [0.05, 0.1) is 12.6 Å². The lowest BCUT2D eigenvalue weighted by atomic mass is 10.0. The molecule has 0 heterocycles. The summed E-state index contributed by atoms with van der Waals surface area (Å²) in [6.07, 6.45) is 1.39. The zero-order valence-electron chi connectivity index (χ0n) is 62.0. The summed E-state index contributed by atoms with van der Waals surface area (Å²) in [5, 5.41) is 47.1. The number of primary amides is 1. The van der Waals surface area contributed by atoms with Gasteiger partial charge in [-0.25, -0.2) is 0 Å². The van der Waals surface area contributed by atoms with Gasteiger partial charge in [-0.1, -0.05) is 50.6 Å². The fourth-order valence-corrected chi connectivity index (χ4v) is 11.0. The number of aliphatic hydroxyl groups is 1. The van der Waals surface area contributed by atoms with Crippen LogP contribution in [0.1, 0.15) is 129 Å². The number of nitrogens with two attached hydrogens (primary N) is 10. The highest BCUT2D eigenvalue weighted by molar-refractivity contribution is 7.98. The number of hydrogen-bond acceptors (Lipinski definition) is 25. The molecule has 43 nitrogen and oxygen atoms in total. The minimum Gasteiger partial charge on any atom is -0.480 e. The van der Waals surface area contributed by atoms with Crippen LogP contribution >= 0.6 is 19.9 Å². The maximum Gasteiger partial charge on any atom is 0.567 e. The van der Waals surface area contributed by atoms with Crippen molar-refractivity contribution in [1.29, 1.82) is 0 Å². The molecule has 0 saturated heterocycles. The van der Waals surface area contributed by atoms with E-state index in [2.05, 4.69) is 73.5 Å². The smallest absolute Gasteiger partial charge is 0.480 e. The van der Waals surface area contributed by atoms with E-state index in [0.29, 0.717) is 43.5 Å². The monoisotopic (exact) mass is 1590 g/mol. The molecule has 0 bridgehead atoms. The molecule has 12 atom stereocenters. The van der Waals surface area contributed by atoms with Crippen LogP contribution in [0.2, 0.25) is 0 Å². The van der Waals surface area contributed by atoms with E-state index in [1.165, 1.54) is 18.7 Å². The number of aliphatic imine (C=N–C) groups is 3. The summed E-state index contributed by atoms with van der Waals surface area (Å²) in [6, 6.07) is -10.9. The van der Waals surface area contributed by atoms with E-state index in [0.717, 1.165) is 0 Å². The lowest BCUT2D eigenvalue weighted by Gasteiger charge is -2.28. The molecule has 1 rings (SSSR count). The minimum absolute atomic E-state index is 0.0126. The molecule has 36 N–H and O–H groups in total. The highest BCUT2D eigenvalue weighted by Gasteiger charge is 2.40. The first kappa shape index (κ1) is 97.6. The van der Waals surface area contributed by atoms with Crippen molar-refractivity contribution >= 4 is 115 Å². The van der Waals surface area contributed by atoms with Crippen molar-refractivity contribution in [3.63, 3.8) is 0 Å². The van der Waals surface area contributed by atoms with Crippen LogP contribution in [0, 0.1) is 5.92 Å². The predicted octanol–water partition coefficient (Wildman–Crippen LogP) is -8.86. The molecule has 0 unspecified atom stereocenters. The van der Waals surface area contributed by atoms with E-state index in [4.69, 9.17) is 61.9 Å². The molecule has 0 fully saturated rings. The third kappa shape index (κ3) is 42.8. The molecule has 12 amide bonds. The molecular formula is C64H116N24O19PS+. The molecule has 0 radical (unpaired) electrons. The Morgan fingerprint density at radius 3 is 1.20 bits per heavy atom. The normalized spacial score (nSPS) is 14.5. The van der Waals surface area contributed by atoms with Gasteiger partial charge in [0, 0.05) is 32.5 Å². The highest BCUT2D eigenvalue weighted by Crippen LogP contribution is 2.45. The molecule has 0 spiro atoms. The zero-order chi connectivity index (χ0) is 82.3. The van der Waals surface area contributed by atoms with Gasteiger partial charge in [0.15, 0.2) is 17.9 Å². The first-order chi connectivity index (χ1) is 51.4. The van der Waals surface area contributed by atoms with E-state index in [1.807, 2.05) is 0 Å². The second-order valence-electron chi connectivity index (χ2n) is 25.8. The fourth-order valence-electron chi connectivity index (χ4n) is 10.2. The number of nitrogens with one attached hydrogen (secondary N) is 11. The lowest BCUT2D eigenvalue weighted by Crippen LogP contribution is -2.61. The van der Waals surface area contributed by atoms with Gasteiger partial charge >= 0.3 is 14.1 Å². The Balaban J connectivity index is 3.95. The maximum atomic E-state index is 14.8. The minimum atomic E-state index is -5.30. The third-order valence-corrected chi connectivity index (χ3v) is 17.2. The van der Waals surface area contributed by atoms with Gasteiger partial charge in [-0.05, 0) is 133 Å². The zero-order valence-corrected chi connectivity index (χ0v) is 63.7. The number of nitrogens with zero attached hydrogens (tertiary/aromatic N) is 3. The summed E-state index contributed by atoms with van der Waals surface area (Å²) in [5.41, 5.74) is 56.5. The van der Waals surface area contributed by atoms with Crippen LogP contribution in [-0.4, -0.2) is 250 Å². The SMILES string of the molecule is CSCC[C@H](NC(=O)[C@H](CCCN=C(N)N)NC(=O)[C@H](CCCN=C(N)N)NC(=O)[C@H](Cc1ccccc1)NC(=O)[C@H](CO[P+](O)(O)O)NC(=O)[C@H](CCC(N)=O)NC(=O)[C@H](CCCN=C(N)N)NC(=O)[C@H](CC(C)C)NC(=O)[C@H](CO)NC(=O)[C@H](CCCCN)NC(=O)[C@@H](N)CCCCN)C(=O)N[C@@H](C)C(=O)O. The van der Waals surface area contributed by atoms with Gasteiger partial charge < -0.3 is 126 Å². The molecule has 616 valence electrons. The summed E-state index contributed by atoms with van der Waals surface area (Å²) in [7, 11) is -5.30. The van der Waals surface area contributed by atoms with Crippen LogP contribution in [0.5, 0.6) is 0 Å². The van der Waals surface area contributed by atoms with Gasteiger partial charge in [-0.2, -0.15) is 31.0 Å². The van der Waals surface area contributed by atoms with Crippen LogP contribution in [0.3, 0.4) is 0 Å². The number of aliphatic carboxylic acids is 1. The second kappa shape index (κ2) is 53.4. The number of carbonyl (C=O) groups excluding carboxylic acids is 12. The van der Waals surface area contributed by atoms with Crippen LogP contribution in [0.25, 0.3) is 0 Å². The Morgan fingerprint density at radius 2 is 0.798 bits per heavy atom. The molecule has 0 aliphatic rings. The van der Waals surface area contributed by atoms with Gasteiger partial charge in [0.1, 0.15) is 73.1 Å². The number of amides is 12. The standard InChI is InChI=1S/C64H115N24O19PS/c1-35(2)31-45(85-59(100)47(33-89)87-55(96)39(18-9-11-26-66)79-50(91)38(67)17-8-10-25-65)57(98)81-42(21-14-29-77-64(73)74)53(94)83-43(22-23-49(68)90)56(97)88-48(34-107-108(104,105)106)60(101)86-46(32-37-15-6-5-7-16-37)58(99)82-41(20-13-28-76-63(71)72)52(93)80-40(19-12-27-75-62(69)70)54(95)84-44(24-30-109-4)51(92)78-36(3)61(102)103/h5-7,15-16,35-36,38-48,89,104-106H,8-14,17-34,65-67H2,1-4H3,(H25-,68,69,70,71,72,73,74,75,76,77,78,79,80,81,82,83,84,85,86,87,88,90,91,92,93,94,95,96,97,98,99,100,101,102,103)/p+1/t36-,38-,39-,40-,41-,42-,43-,44-,45-,46-,47-,48-/m0/s1. The number of aliphatic hydroxyl groups excluding tert-OH is 1. The Hall–Kier alpha value is -9.40. The topological polar surface area (TPSA) is 762 Å². The Bertz CT molecular complexity index is 3170. The number of carbonyl (C=O) groups is 13. The average molecular weight is 1590 g/mol. The van der Waals surface area contributed by atoms with Gasteiger partial charge in [0.2, 0.25) is 70.9 Å². The number of guanidine groups is 3. The summed E-state index contributed by atoms with van der Waals surface area (Å²) in [5.74, 6) is -14.8. The lowest BCUT2D eigenvalue weighted by molar-refractivity contribution is -0.142.